The van der Waals surface area contributed by atoms with Gasteiger partial charge in [-0.05, 0) is 30.7 Å². The number of aromatic nitrogens is 4. The van der Waals surface area contributed by atoms with Gasteiger partial charge in [0.05, 0.1) is 5.75 Å². The fraction of sp³-hybridized carbons (Fsp3) is 0.174. The van der Waals surface area contributed by atoms with E-state index in [2.05, 4.69) is 46.1 Å². The van der Waals surface area contributed by atoms with Gasteiger partial charge in [-0.2, -0.15) is 0 Å². The molecular formula is C23H23N5OS. The lowest BCUT2D eigenvalue weighted by atomic mass is 10.1. The van der Waals surface area contributed by atoms with E-state index in [9.17, 15) is 4.79 Å². The summed E-state index contributed by atoms with van der Waals surface area (Å²) in [4.78, 5) is 15.7. The summed E-state index contributed by atoms with van der Waals surface area (Å²) in [6, 6.07) is 17.7. The number of anilines is 1. The lowest BCUT2D eigenvalue weighted by Gasteiger charge is -2.08. The maximum Gasteiger partial charge on any atom is 0.234 e. The number of aryl methyl sites for hydroxylation is 1. The molecule has 0 fully saturated rings. The molecule has 2 aromatic heterocycles. The second kappa shape index (κ2) is 9.00. The predicted octanol–water partition coefficient (Wildman–Crippen LogP) is 4.58. The summed E-state index contributed by atoms with van der Waals surface area (Å²) < 4.78 is 2.02. The molecule has 4 rings (SSSR count). The van der Waals surface area contributed by atoms with Gasteiger partial charge in [0.2, 0.25) is 5.91 Å². The number of nitrogens with zero attached hydrogens (tertiary/aromatic N) is 3. The molecule has 7 heteroatoms. The molecule has 2 heterocycles. The number of nitrogens with one attached hydrogen (secondary N) is 2. The number of amides is 1. The summed E-state index contributed by atoms with van der Waals surface area (Å²) in [6.07, 6.45) is 2.48. The lowest BCUT2D eigenvalue weighted by molar-refractivity contribution is -0.113. The molecule has 0 aliphatic rings. The number of aromatic amines is 1. The van der Waals surface area contributed by atoms with Gasteiger partial charge in [0.1, 0.15) is 5.82 Å². The zero-order valence-corrected chi connectivity index (χ0v) is 17.6. The van der Waals surface area contributed by atoms with Crippen LogP contribution in [0.2, 0.25) is 0 Å². The van der Waals surface area contributed by atoms with Gasteiger partial charge in [-0.15, -0.1) is 16.8 Å². The van der Waals surface area contributed by atoms with Crippen LogP contribution in [-0.4, -0.2) is 31.4 Å². The summed E-state index contributed by atoms with van der Waals surface area (Å²) in [5.41, 5.74) is 4.24. The summed E-state index contributed by atoms with van der Waals surface area (Å²) in [6.45, 7) is 6.53. The van der Waals surface area contributed by atoms with Crippen LogP contribution in [0, 0.1) is 6.92 Å². The quantitative estimate of drug-likeness (QED) is 0.325. The number of carbonyl (C=O) groups excluding carboxylic acids is 1. The topological polar surface area (TPSA) is 75.6 Å². The van der Waals surface area contributed by atoms with E-state index < -0.39 is 0 Å². The molecule has 0 spiro atoms. The fourth-order valence-electron chi connectivity index (χ4n) is 3.44. The van der Waals surface area contributed by atoms with Gasteiger partial charge in [0.25, 0.3) is 0 Å². The molecule has 1 amide bonds. The summed E-state index contributed by atoms with van der Waals surface area (Å²) in [5, 5.41) is 13.6. The SMILES string of the molecule is C=CCn1c(Cc2c(C)[nH]c3ccccc23)nnc1SCC(=O)Nc1ccccc1. The molecule has 0 aliphatic carbocycles. The van der Waals surface area contributed by atoms with Crippen LogP contribution in [0.25, 0.3) is 10.9 Å². The third-order valence-electron chi connectivity index (χ3n) is 4.86. The van der Waals surface area contributed by atoms with Crippen molar-refractivity contribution in [2.24, 2.45) is 0 Å². The minimum absolute atomic E-state index is 0.0756. The number of hydrogen-bond donors (Lipinski definition) is 2. The Kier molecular flexibility index (Phi) is 5.99. The molecule has 30 heavy (non-hydrogen) atoms. The van der Waals surface area contributed by atoms with Crippen LogP contribution in [0.15, 0.2) is 72.4 Å². The van der Waals surface area contributed by atoms with Crippen LogP contribution in [0.3, 0.4) is 0 Å². The Hall–Kier alpha value is -3.32. The highest BCUT2D eigenvalue weighted by Gasteiger charge is 2.17. The van der Waals surface area contributed by atoms with E-state index in [0.717, 1.165) is 22.7 Å². The van der Waals surface area contributed by atoms with Gasteiger partial charge >= 0.3 is 0 Å². The Morgan fingerprint density at radius 1 is 1.17 bits per heavy atom. The van der Waals surface area contributed by atoms with Gasteiger partial charge < -0.3 is 14.9 Å². The maximum atomic E-state index is 12.3. The van der Waals surface area contributed by atoms with Crippen molar-refractivity contribution in [3.05, 3.63) is 84.3 Å². The van der Waals surface area contributed by atoms with E-state index in [0.29, 0.717) is 18.1 Å². The van der Waals surface area contributed by atoms with E-state index in [1.165, 1.54) is 22.7 Å². The van der Waals surface area contributed by atoms with Gasteiger partial charge in [0, 0.05) is 35.2 Å². The number of thioether (sulfide) groups is 1. The zero-order chi connectivity index (χ0) is 20.9. The molecule has 0 unspecified atom stereocenters. The monoisotopic (exact) mass is 417 g/mol. The van der Waals surface area contributed by atoms with Crippen molar-refractivity contribution in [3.63, 3.8) is 0 Å². The highest BCUT2D eigenvalue weighted by molar-refractivity contribution is 7.99. The molecule has 152 valence electrons. The molecule has 2 aromatic carbocycles. The minimum atomic E-state index is -0.0756. The standard InChI is InChI=1S/C23H23N5OS/c1-3-13-28-21(14-19-16(2)24-20-12-8-7-11-18(19)20)26-27-23(28)30-15-22(29)25-17-9-5-4-6-10-17/h3-12,24H,1,13-15H2,2H3,(H,25,29). The average Bonchev–Trinajstić information content (AvgIpc) is 3.28. The normalized spacial score (nSPS) is 11.0. The molecule has 0 bridgehead atoms. The summed E-state index contributed by atoms with van der Waals surface area (Å²) in [5.74, 6) is 1.04. The molecule has 0 aliphatic heterocycles. The van der Waals surface area contributed by atoms with Crippen LogP contribution >= 0.6 is 11.8 Å². The second-order valence-electron chi connectivity index (χ2n) is 6.95. The fourth-order valence-corrected chi connectivity index (χ4v) is 4.20. The number of fused-ring (bicyclic) bond motifs is 1. The third-order valence-corrected chi connectivity index (χ3v) is 5.82. The van der Waals surface area contributed by atoms with Crippen molar-refractivity contribution in [3.8, 4) is 0 Å². The molecule has 2 N–H and O–H groups in total. The van der Waals surface area contributed by atoms with Gasteiger partial charge in [-0.1, -0.05) is 54.2 Å². The number of benzene rings is 2. The van der Waals surface area contributed by atoms with Crippen LogP contribution in [0.5, 0.6) is 0 Å². The highest BCUT2D eigenvalue weighted by atomic mass is 32.2. The van der Waals surface area contributed by atoms with Gasteiger partial charge in [0.15, 0.2) is 5.16 Å². The van der Waals surface area contributed by atoms with Crippen molar-refractivity contribution in [2.75, 3.05) is 11.1 Å². The first-order valence-electron chi connectivity index (χ1n) is 9.72. The number of H-pyrrole nitrogens is 1. The summed E-state index contributed by atoms with van der Waals surface area (Å²) in [7, 11) is 0. The van der Waals surface area contributed by atoms with Gasteiger partial charge in [-0.25, -0.2) is 0 Å². The van der Waals surface area contributed by atoms with Crippen molar-refractivity contribution in [1.82, 2.24) is 19.7 Å². The predicted molar refractivity (Wildman–Crippen MR) is 122 cm³/mol. The number of hydrogen-bond acceptors (Lipinski definition) is 4. The first-order chi connectivity index (χ1) is 14.7. The molecular weight excluding hydrogens is 394 g/mol. The first-order valence-corrected chi connectivity index (χ1v) is 10.7. The van der Waals surface area contributed by atoms with Crippen molar-refractivity contribution >= 4 is 34.3 Å². The molecule has 0 atom stereocenters. The molecule has 4 aromatic rings. The maximum absolute atomic E-state index is 12.3. The second-order valence-corrected chi connectivity index (χ2v) is 7.89. The molecule has 6 nitrogen and oxygen atoms in total. The average molecular weight is 418 g/mol. The van der Waals surface area contributed by atoms with E-state index >= 15 is 0 Å². The van der Waals surface area contributed by atoms with E-state index in [4.69, 9.17) is 0 Å². The Morgan fingerprint density at radius 2 is 1.93 bits per heavy atom. The van der Waals surface area contributed by atoms with Crippen LogP contribution in [0.4, 0.5) is 5.69 Å². The van der Waals surface area contributed by atoms with E-state index in [1.54, 1.807) is 0 Å². The molecule has 0 radical (unpaired) electrons. The van der Waals surface area contributed by atoms with Crippen LogP contribution < -0.4 is 5.32 Å². The van der Waals surface area contributed by atoms with Crippen LogP contribution in [-0.2, 0) is 17.8 Å². The number of carbonyl (C=O) groups is 1. The smallest absolute Gasteiger partial charge is 0.234 e. The minimum Gasteiger partial charge on any atom is -0.358 e. The molecule has 0 saturated carbocycles. The Morgan fingerprint density at radius 3 is 2.73 bits per heavy atom. The van der Waals surface area contributed by atoms with Crippen molar-refractivity contribution < 1.29 is 4.79 Å². The lowest BCUT2D eigenvalue weighted by Crippen LogP contribution is -2.14. The molecule has 0 saturated heterocycles. The number of para-hydroxylation sites is 2. The summed E-state index contributed by atoms with van der Waals surface area (Å²) >= 11 is 1.38. The van der Waals surface area contributed by atoms with E-state index in [1.807, 2.05) is 53.1 Å². The Bertz CT molecular complexity index is 1180. The van der Waals surface area contributed by atoms with Crippen molar-refractivity contribution in [2.45, 2.75) is 25.0 Å². The number of allylic oxidation sites excluding steroid dienone is 1. The Balaban J connectivity index is 1.51. The number of rotatable bonds is 8. The third kappa shape index (κ3) is 4.31. The highest BCUT2D eigenvalue weighted by Crippen LogP contribution is 2.26. The van der Waals surface area contributed by atoms with Gasteiger partial charge in [-0.3, -0.25) is 4.79 Å². The zero-order valence-electron chi connectivity index (χ0n) is 16.8. The van der Waals surface area contributed by atoms with Crippen LogP contribution in [0.1, 0.15) is 17.1 Å². The first kappa shape index (κ1) is 20.0. The Labute approximate surface area is 179 Å². The van der Waals surface area contributed by atoms with E-state index in [-0.39, 0.29) is 11.7 Å². The van der Waals surface area contributed by atoms with Crippen molar-refractivity contribution in [1.29, 1.82) is 0 Å². The largest absolute Gasteiger partial charge is 0.358 e.